The number of carbonyl (C=O) groups excluding carboxylic acids is 3. The zero-order valence-electron chi connectivity index (χ0n) is 15.1. The number of esters is 1. The van der Waals surface area contributed by atoms with Gasteiger partial charge >= 0.3 is 12.1 Å². The van der Waals surface area contributed by atoms with Crippen molar-refractivity contribution in [2.45, 2.75) is 39.6 Å². The Bertz CT molecular complexity index is 885. The molecule has 1 aliphatic rings. The van der Waals surface area contributed by atoms with E-state index in [1.54, 1.807) is 26.0 Å². The molecule has 1 fully saturated rings. The Morgan fingerprint density at radius 2 is 1.85 bits per heavy atom. The highest BCUT2D eigenvalue weighted by Gasteiger charge is 2.49. The molecule has 0 N–H and O–H groups in total. The first-order valence-electron chi connectivity index (χ1n) is 8.55. The fourth-order valence-electron chi connectivity index (χ4n) is 2.77. The molecule has 2 aromatic rings. The molecule has 7 nitrogen and oxygen atoms in total. The summed E-state index contributed by atoms with van der Waals surface area (Å²) in [7, 11) is 0. The molecule has 1 aromatic carbocycles. The summed E-state index contributed by atoms with van der Waals surface area (Å²) >= 11 is 6.13. The van der Waals surface area contributed by atoms with E-state index in [1.807, 2.05) is 0 Å². The zero-order valence-corrected chi connectivity index (χ0v) is 15.8. The molecule has 1 saturated carbocycles. The predicted molar refractivity (Wildman–Crippen MR) is 95.4 cm³/mol. The minimum atomic E-state index is -1.10. The van der Waals surface area contributed by atoms with Crippen molar-refractivity contribution in [2.75, 3.05) is 0 Å². The van der Waals surface area contributed by atoms with Gasteiger partial charge < -0.3 is 18.6 Å². The number of rotatable bonds is 6. The van der Waals surface area contributed by atoms with Crippen LogP contribution >= 0.6 is 11.6 Å². The normalized spacial score (nSPS) is 19.6. The number of furan rings is 1. The molecule has 0 radical (unpaired) electrons. The SMILES string of the molecule is CC(C)OC(=O)OC(C)OC(=O)[C@H]1C[C@@H]1C(=O)c1cc(Cl)c2occc2c1. The monoisotopic (exact) mass is 394 g/mol. The highest BCUT2D eigenvalue weighted by atomic mass is 35.5. The third-order valence-electron chi connectivity index (χ3n) is 4.10. The largest absolute Gasteiger partial charge is 0.511 e. The Hall–Kier alpha value is -2.54. The van der Waals surface area contributed by atoms with Gasteiger partial charge in [0.15, 0.2) is 11.4 Å². The van der Waals surface area contributed by atoms with E-state index in [9.17, 15) is 14.4 Å². The summed E-state index contributed by atoms with van der Waals surface area (Å²) in [6.07, 6.45) is -0.492. The molecule has 1 aliphatic carbocycles. The highest BCUT2D eigenvalue weighted by Crippen LogP contribution is 2.43. The first kappa shape index (κ1) is 19.2. The molecule has 0 spiro atoms. The van der Waals surface area contributed by atoms with Crippen molar-refractivity contribution in [3.8, 4) is 0 Å². The van der Waals surface area contributed by atoms with E-state index in [0.29, 0.717) is 22.6 Å². The number of ether oxygens (including phenoxy) is 3. The van der Waals surface area contributed by atoms with Crippen LogP contribution in [0.3, 0.4) is 0 Å². The van der Waals surface area contributed by atoms with E-state index < -0.39 is 30.3 Å². The summed E-state index contributed by atoms with van der Waals surface area (Å²) in [5.74, 6) is -1.82. The van der Waals surface area contributed by atoms with Gasteiger partial charge in [-0.15, -0.1) is 0 Å². The van der Waals surface area contributed by atoms with Crippen LogP contribution in [-0.4, -0.2) is 30.3 Å². The van der Waals surface area contributed by atoms with Crippen molar-refractivity contribution >= 4 is 40.5 Å². The van der Waals surface area contributed by atoms with Crippen LogP contribution in [0.2, 0.25) is 5.02 Å². The Balaban J connectivity index is 1.57. The molecule has 1 aromatic heterocycles. The Morgan fingerprint density at radius 1 is 1.11 bits per heavy atom. The standard InChI is InChI=1S/C19H19ClO7/c1-9(2)25-19(23)27-10(3)26-18(22)14-8-13(14)16(21)12-6-11-4-5-24-17(11)15(20)7-12/h4-7,9-10,13-14H,8H2,1-3H3/t10?,13-,14-/m0/s1. The maximum atomic E-state index is 12.6. The van der Waals surface area contributed by atoms with E-state index in [2.05, 4.69) is 0 Å². The third-order valence-corrected chi connectivity index (χ3v) is 4.38. The number of benzene rings is 1. The van der Waals surface area contributed by atoms with Crippen LogP contribution in [0.4, 0.5) is 4.79 Å². The highest BCUT2D eigenvalue weighted by molar-refractivity contribution is 6.35. The van der Waals surface area contributed by atoms with E-state index in [-0.39, 0.29) is 11.9 Å². The van der Waals surface area contributed by atoms with Gasteiger partial charge in [-0.05, 0) is 38.5 Å². The molecule has 0 amide bonds. The Labute approximate surface area is 160 Å². The lowest BCUT2D eigenvalue weighted by molar-refractivity contribution is -0.170. The lowest BCUT2D eigenvalue weighted by Crippen LogP contribution is -2.25. The molecule has 3 atom stereocenters. The Kier molecular flexibility index (Phi) is 5.41. The fraction of sp³-hybridized carbons (Fsp3) is 0.421. The van der Waals surface area contributed by atoms with Crippen LogP contribution in [0, 0.1) is 11.8 Å². The molecule has 8 heteroatoms. The van der Waals surface area contributed by atoms with Crippen molar-refractivity contribution in [3.05, 3.63) is 35.0 Å². The van der Waals surface area contributed by atoms with Crippen LogP contribution in [0.5, 0.6) is 0 Å². The van der Waals surface area contributed by atoms with Crippen LogP contribution in [0.15, 0.2) is 28.9 Å². The van der Waals surface area contributed by atoms with Gasteiger partial charge in [-0.3, -0.25) is 9.59 Å². The topological polar surface area (TPSA) is 92.0 Å². The number of fused-ring (bicyclic) bond motifs is 1. The zero-order chi connectivity index (χ0) is 19.7. The first-order chi connectivity index (χ1) is 12.8. The van der Waals surface area contributed by atoms with Gasteiger partial charge in [0.1, 0.15) is 0 Å². The van der Waals surface area contributed by atoms with Crippen molar-refractivity contribution in [2.24, 2.45) is 11.8 Å². The van der Waals surface area contributed by atoms with Crippen LogP contribution in [0.25, 0.3) is 11.0 Å². The predicted octanol–water partition coefficient (Wildman–Crippen LogP) is 4.36. The van der Waals surface area contributed by atoms with Gasteiger partial charge in [0.25, 0.3) is 0 Å². The van der Waals surface area contributed by atoms with Gasteiger partial charge in [0.05, 0.1) is 23.3 Å². The van der Waals surface area contributed by atoms with E-state index in [0.717, 1.165) is 5.39 Å². The average molecular weight is 395 g/mol. The van der Waals surface area contributed by atoms with Crippen LogP contribution in [-0.2, 0) is 19.0 Å². The van der Waals surface area contributed by atoms with Gasteiger partial charge in [-0.25, -0.2) is 4.79 Å². The van der Waals surface area contributed by atoms with Crippen molar-refractivity contribution in [1.82, 2.24) is 0 Å². The third kappa shape index (κ3) is 4.42. The van der Waals surface area contributed by atoms with Gasteiger partial charge in [0, 0.05) is 23.8 Å². The molecule has 144 valence electrons. The minimum absolute atomic E-state index is 0.185. The quantitative estimate of drug-likeness (QED) is 0.408. The number of hydrogen-bond acceptors (Lipinski definition) is 7. The van der Waals surface area contributed by atoms with Gasteiger partial charge in [0.2, 0.25) is 6.29 Å². The second kappa shape index (κ2) is 7.60. The number of halogens is 1. The molecule has 3 rings (SSSR count). The van der Waals surface area contributed by atoms with E-state index in [1.165, 1.54) is 19.3 Å². The molecule has 0 saturated heterocycles. The van der Waals surface area contributed by atoms with Crippen LogP contribution in [0.1, 0.15) is 37.6 Å². The lowest BCUT2D eigenvalue weighted by atomic mass is 10.0. The smallest absolute Gasteiger partial charge is 0.463 e. The van der Waals surface area contributed by atoms with E-state index >= 15 is 0 Å². The maximum absolute atomic E-state index is 12.6. The maximum Gasteiger partial charge on any atom is 0.511 e. The summed E-state index contributed by atoms with van der Waals surface area (Å²) in [6.45, 7) is 4.75. The van der Waals surface area contributed by atoms with Gasteiger partial charge in [-0.1, -0.05) is 11.6 Å². The van der Waals surface area contributed by atoms with E-state index in [4.69, 9.17) is 30.2 Å². The second-order valence-corrected chi connectivity index (χ2v) is 7.06. The number of hydrogen-bond donors (Lipinski definition) is 0. The first-order valence-corrected chi connectivity index (χ1v) is 8.92. The molecule has 0 bridgehead atoms. The number of Topliss-reactive ketones (excluding diaryl/α,β-unsaturated/α-hetero) is 1. The summed E-state index contributed by atoms with van der Waals surface area (Å²) in [5, 5.41) is 1.06. The molecular weight excluding hydrogens is 376 g/mol. The summed E-state index contributed by atoms with van der Waals surface area (Å²) < 4.78 is 20.0. The van der Waals surface area contributed by atoms with Crippen molar-refractivity contribution in [1.29, 1.82) is 0 Å². The van der Waals surface area contributed by atoms with Crippen LogP contribution < -0.4 is 0 Å². The molecule has 1 heterocycles. The van der Waals surface area contributed by atoms with Crippen molar-refractivity contribution in [3.63, 3.8) is 0 Å². The molecular formula is C19H19ClO7. The number of carbonyl (C=O) groups is 3. The molecule has 1 unspecified atom stereocenters. The molecule has 0 aliphatic heterocycles. The summed E-state index contributed by atoms with van der Waals surface area (Å²) in [5.41, 5.74) is 0.929. The second-order valence-electron chi connectivity index (χ2n) is 6.65. The fourth-order valence-corrected chi connectivity index (χ4v) is 3.04. The van der Waals surface area contributed by atoms with Gasteiger partial charge in [-0.2, -0.15) is 0 Å². The average Bonchev–Trinajstić information content (AvgIpc) is 3.22. The molecule has 27 heavy (non-hydrogen) atoms. The Morgan fingerprint density at radius 3 is 2.56 bits per heavy atom. The summed E-state index contributed by atoms with van der Waals surface area (Å²) in [4.78, 5) is 36.2. The van der Waals surface area contributed by atoms with Crippen molar-refractivity contribution < 1.29 is 33.0 Å². The lowest BCUT2D eigenvalue weighted by Gasteiger charge is -2.15. The minimum Gasteiger partial charge on any atom is -0.463 e. The summed E-state index contributed by atoms with van der Waals surface area (Å²) in [6, 6.07) is 4.93. The number of ketones is 1.